The molecule has 1 fully saturated rings. The van der Waals surface area contributed by atoms with Gasteiger partial charge in [-0.3, -0.25) is 4.90 Å². The van der Waals surface area contributed by atoms with Gasteiger partial charge in [0.15, 0.2) is 5.82 Å². The van der Waals surface area contributed by atoms with E-state index in [-0.39, 0.29) is 24.5 Å². The van der Waals surface area contributed by atoms with E-state index in [1.807, 2.05) is 37.3 Å². The van der Waals surface area contributed by atoms with E-state index in [0.29, 0.717) is 17.7 Å². The standard InChI is InChI=1S/C17H23N9O.ClH/c1-3-13(16-20-15(22-27-16)14-11-18-9-10-25(14)2)19-17-21-23-24-26(17)12-7-5-4-6-8-12;/h4-8,13-14,18H,3,9-11H2,1-2H3,(H,19,21,24);1H. The molecule has 3 aromatic rings. The molecule has 3 heterocycles. The zero-order valence-corrected chi connectivity index (χ0v) is 16.6. The molecule has 0 radical (unpaired) electrons. The van der Waals surface area contributed by atoms with Gasteiger partial charge in [-0.15, -0.1) is 12.4 Å². The Labute approximate surface area is 169 Å². The van der Waals surface area contributed by atoms with Crippen molar-refractivity contribution >= 4 is 18.4 Å². The van der Waals surface area contributed by atoms with Crippen molar-refractivity contribution < 1.29 is 4.52 Å². The summed E-state index contributed by atoms with van der Waals surface area (Å²) in [6.45, 7) is 4.78. The highest BCUT2D eigenvalue weighted by molar-refractivity contribution is 5.85. The fourth-order valence-corrected chi connectivity index (χ4v) is 3.13. The number of tetrazole rings is 1. The van der Waals surface area contributed by atoms with Crippen LogP contribution in [0.25, 0.3) is 5.69 Å². The van der Waals surface area contributed by atoms with Crippen molar-refractivity contribution in [3.63, 3.8) is 0 Å². The molecule has 0 saturated carbocycles. The average molecular weight is 406 g/mol. The first-order valence-electron chi connectivity index (χ1n) is 9.11. The van der Waals surface area contributed by atoms with Crippen molar-refractivity contribution in [2.24, 2.45) is 0 Å². The van der Waals surface area contributed by atoms with Gasteiger partial charge in [-0.2, -0.15) is 9.67 Å². The highest BCUT2D eigenvalue weighted by Crippen LogP contribution is 2.24. The number of anilines is 1. The van der Waals surface area contributed by atoms with Gasteiger partial charge in [-0.05, 0) is 36.0 Å². The maximum Gasteiger partial charge on any atom is 0.249 e. The van der Waals surface area contributed by atoms with Crippen LogP contribution >= 0.6 is 12.4 Å². The van der Waals surface area contributed by atoms with Gasteiger partial charge in [0, 0.05) is 19.6 Å². The van der Waals surface area contributed by atoms with E-state index in [2.05, 4.69) is 48.2 Å². The van der Waals surface area contributed by atoms with Crippen LogP contribution in [-0.4, -0.2) is 61.9 Å². The van der Waals surface area contributed by atoms with Crippen LogP contribution < -0.4 is 10.6 Å². The lowest BCUT2D eigenvalue weighted by Crippen LogP contribution is -2.44. The molecule has 2 aromatic heterocycles. The Kier molecular flexibility index (Phi) is 6.55. The highest BCUT2D eigenvalue weighted by atomic mass is 35.5. The summed E-state index contributed by atoms with van der Waals surface area (Å²) in [5, 5.41) is 22.8. The lowest BCUT2D eigenvalue weighted by Gasteiger charge is -2.30. The summed E-state index contributed by atoms with van der Waals surface area (Å²) in [6, 6.07) is 9.66. The molecule has 1 aliphatic rings. The third-order valence-electron chi connectivity index (χ3n) is 4.75. The van der Waals surface area contributed by atoms with E-state index < -0.39 is 0 Å². The minimum Gasteiger partial charge on any atom is -0.341 e. The molecule has 10 nitrogen and oxygen atoms in total. The summed E-state index contributed by atoms with van der Waals surface area (Å²) in [5.74, 6) is 1.76. The van der Waals surface area contributed by atoms with Crippen molar-refractivity contribution in [2.45, 2.75) is 25.4 Å². The van der Waals surface area contributed by atoms with Gasteiger partial charge in [0.05, 0.1) is 11.7 Å². The van der Waals surface area contributed by atoms with Gasteiger partial charge in [-0.1, -0.05) is 35.4 Å². The lowest BCUT2D eigenvalue weighted by molar-refractivity contribution is 0.190. The normalized spacial score (nSPS) is 18.4. The van der Waals surface area contributed by atoms with E-state index >= 15 is 0 Å². The van der Waals surface area contributed by atoms with Crippen LogP contribution in [0, 0.1) is 0 Å². The predicted molar refractivity (Wildman–Crippen MR) is 106 cm³/mol. The summed E-state index contributed by atoms with van der Waals surface area (Å²) >= 11 is 0. The molecule has 0 spiro atoms. The first-order valence-corrected chi connectivity index (χ1v) is 9.11. The van der Waals surface area contributed by atoms with Gasteiger partial charge < -0.3 is 15.2 Å². The Morgan fingerprint density at radius 1 is 1.32 bits per heavy atom. The second-order valence-electron chi connectivity index (χ2n) is 6.55. The number of benzene rings is 1. The van der Waals surface area contributed by atoms with E-state index in [1.54, 1.807) is 4.68 Å². The summed E-state index contributed by atoms with van der Waals surface area (Å²) in [6.07, 6.45) is 0.752. The number of rotatable bonds is 6. The second-order valence-corrected chi connectivity index (χ2v) is 6.55. The number of hydrogen-bond acceptors (Lipinski definition) is 9. The number of piperazine rings is 1. The van der Waals surface area contributed by atoms with Crippen LogP contribution in [0.4, 0.5) is 5.95 Å². The van der Waals surface area contributed by atoms with E-state index in [0.717, 1.165) is 31.7 Å². The zero-order chi connectivity index (χ0) is 18.6. The van der Waals surface area contributed by atoms with Gasteiger partial charge in [-0.25, -0.2) is 0 Å². The average Bonchev–Trinajstić information content (AvgIpc) is 3.37. The number of halogens is 1. The largest absolute Gasteiger partial charge is 0.341 e. The van der Waals surface area contributed by atoms with Gasteiger partial charge >= 0.3 is 0 Å². The lowest BCUT2D eigenvalue weighted by atomic mass is 10.2. The Balaban J connectivity index is 0.00000225. The molecule has 1 aromatic carbocycles. The second kappa shape index (κ2) is 9.09. The first-order chi connectivity index (χ1) is 13.3. The quantitative estimate of drug-likeness (QED) is 0.631. The van der Waals surface area contributed by atoms with Crippen LogP contribution in [-0.2, 0) is 0 Å². The van der Waals surface area contributed by atoms with Crippen molar-refractivity contribution in [1.82, 2.24) is 40.6 Å². The number of nitrogens with zero attached hydrogens (tertiary/aromatic N) is 7. The Hall–Kier alpha value is -2.56. The summed E-state index contributed by atoms with van der Waals surface area (Å²) in [5.41, 5.74) is 0.876. The fraction of sp³-hybridized carbons (Fsp3) is 0.471. The zero-order valence-electron chi connectivity index (χ0n) is 15.8. The molecular formula is C17H24ClN9O. The number of hydrogen-bond donors (Lipinski definition) is 2. The Morgan fingerprint density at radius 3 is 2.89 bits per heavy atom. The fourth-order valence-electron chi connectivity index (χ4n) is 3.13. The molecule has 1 saturated heterocycles. The number of para-hydroxylation sites is 1. The Morgan fingerprint density at radius 2 is 2.14 bits per heavy atom. The molecule has 0 bridgehead atoms. The van der Waals surface area contributed by atoms with Crippen molar-refractivity contribution in [1.29, 1.82) is 0 Å². The molecular weight excluding hydrogens is 382 g/mol. The maximum atomic E-state index is 5.56. The topological polar surface area (TPSA) is 110 Å². The van der Waals surface area contributed by atoms with Gasteiger partial charge in [0.1, 0.15) is 6.04 Å². The van der Waals surface area contributed by atoms with Crippen molar-refractivity contribution in [2.75, 3.05) is 32.0 Å². The monoisotopic (exact) mass is 405 g/mol. The molecule has 1 aliphatic heterocycles. The molecule has 0 aliphatic carbocycles. The third-order valence-corrected chi connectivity index (χ3v) is 4.75. The third kappa shape index (κ3) is 4.13. The molecule has 2 N–H and O–H groups in total. The molecule has 4 rings (SSSR count). The number of nitrogens with one attached hydrogen (secondary N) is 2. The molecule has 2 atom stereocenters. The highest BCUT2D eigenvalue weighted by Gasteiger charge is 2.27. The van der Waals surface area contributed by atoms with Crippen molar-refractivity contribution in [3.05, 3.63) is 42.0 Å². The van der Waals surface area contributed by atoms with Gasteiger partial charge in [0.2, 0.25) is 11.8 Å². The van der Waals surface area contributed by atoms with Crippen molar-refractivity contribution in [3.8, 4) is 5.69 Å². The minimum absolute atomic E-state index is 0. The Bertz CT molecular complexity index is 868. The predicted octanol–water partition coefficient (Wildman–Crippen LogP) is 1.61. The maximum absolute atomic E-state index is 5.56. The van der Waals surface area contributed by atoms with E-state index in [9.17, 15) is 0 Å². The number of aromatic nitrogens is 6. The molecule has 11 heteroatoms. The summed E-state index contributed by atoms with van der Waals surface area (Å²) in [4.78, 5) is 6.87. The summed E-state index contributed by atoms with van der Waals surface area (Å²) < 4.78 is 7.21. The molecule has 150 valence electrons. The molecule has 2 unspecified atom stereocenters. The van der Waals surface area contributed by atoms with Crippen LogP contribution in [0.1, 0.15) is 37.1 Å². The van der Waals surface area contributed by atoms with Crippen LogP contribution in [0.5, 0.6) is 0 Å². The van der Waals surface area contributed by atoms with Crippen LogP contribution in [0.2, 0.25) is 0 Å². The van der Waals surface area contributed by atoms with E-state index in [1.165, 1.54) is 0 Å². The molecule has 28 heavy (non-hydrogen) atoms. The van der Waals surface area contributed by atoms with Crippen LogP contribution in [0.3, 0.4) is 0 Å². The first kappa shape index (κ1) is 20.2. The number of likely N-dealkylation sites (N-methyl/N-ethyl adjacent to an activating group) is 1. The minimum atomic E-state index is -0.179. The van der Waals surface area contributed by atoms with Gasteiger partial charge in [0.25, 0.3) is 0 Å². The SMILES string of the molecule is CCC(Nc1nnnn1-c1ccccc1)c1nc(C2CNCCN2C)no1.Cl. The van der Waals surface area contributed by atoms with E-state index in [4.69, 9.17) is 4.52 Å². The smallest absolute Gasteiger partial charge is 0.249 e. The van der Waals surface area contributed by atoms with Crippen LogP contribution in [0.15, 0.2) is 34.9 Å². The molecule has 0 amide bonds. The summed E-state index contributed by atoms with van der Waals surface area (Å²) in [7, 11) is 2.07.